The monoisotopic (exact) mass is 247 g/mol. The van der Waals surface area contributed by atoms with Crippen LogP contribution in [-0.2, 0) is 6.42 Å². The number of nitrogens with one attached hydrogen (secondary N) is 1. The van der Waals surface area contributed by atoms with Crippen LogP contribution in [0.2, 0.25) is 0 Å². The molecule has 100 valence electrons. The normalized spacial score (nSPS) is 19.4. The van der Waals surface area contributed by atoms with Crippen molar-refractivity contribution in [1.82, 2.24) is 5.32 Å². The quantitative estimate of drug-likeness (QED) is 0.831. The van der Waals surface area contributed by atoms with Crippen LogP contribution in [0, 0.1) is 6.92 Å². The minimum atomic E-state index is 0.384. The van der Waals surface area contributed by atoms with Gasteiger partial charge >= 0.3 is 0 Å². The summed E-state index contributed by atoms with van der Waals surface area (Å²) in [7, 11) is 0. The van der Waals surface area contributed by atoms with Crippen molar-refractivity contribution in [1.29, 1.82) is 0 Å². The molecule has 1 heterocycles. The van der Waals surface area contributed by atoms with Crippen molar-refractivity contribution >= 4 is 0 Å². The maximum absolute atomic E-state index is 6.01. The molecule has 2 unspecified atom stereocenters. The molecule has 1 aromatic carbocycles. The third-order valence-electron chi connectivity index (χ3n) is 3.78. The number of rotatable bonds is 6. The van der Waals surface area contributed by atoms with Gasteiger partial charge in [-0.05, 0) is 44.4 Å². The van der Waals surface area contributed by atoms with E-state index in [9.17, 15) is 0 Å². The van der Waals surface area contributed by atoms with Crippen molar-refractivity contribution in [2.45, 2.75) is 58.6 Å². The highest BCUT2D eigenvalue weighted by Gasteiger charge is 2.23. The van der Waals surface area contributed by atoms with E-state index in [-0.39, 0.29) is 0 Å². The molecule has 2 heteroatoms. The molecule has 1 aliphatic heterocycles. The van der Waals surface area contributed by atoms with Crippen molar-refractivity contribution in [3.8, 4) is 5.75 Å². The van der Waals surface area contributed by atoms with E-state index >= 15 is 0 Å². The van der Waals surface area contributed by atoms with Gasteiger partial charge in [0.05, 0.1) is 0 Å². The van der Waals surface area contributed by atoms with Crippen LogP contribution in [0.5, 0.6) is 5.75 Å². The van der Waals surface area contributed by atoms with E-state index in [1.165, 1.54) is 24.0 Å². The average Bonchev–Trinajstić information content (AvgIpc) is 2.76. The van der Waals surface area contributed by atoms with Gasteiger partial charge in [-0.15, -0.1) is 0 Å². The first-order chi connectivity index (χ1) is 8.72. The second kappa shape index (κ2) is 6.24. The summed E-state index contributed by atoms with van der Waals surface area (Å²) in [4.78, 5) is 0. The Morgan fingerprint density at radius 1 is 1.39 bits per heavy atom. The summed E-state index contributed by atoms with van der Waals surface area (Å²) in [6.07, 6.45) is 5.03. The number of aryl methyl sites for hydroxylation is 1. The Hall–Kier alpha value is -1.02. The smallest absolute Gasteiger partial charge is 0.123 e. The van der Waals surface area contributed by atoms with Crippen LogP contribution < -0.4 is 10.1 Å². The van der Waals surface area contributed by atoms with Crippen molar-refractivity contribution in [3.05, 3.63) is 29.3 Å². The fourth-order valence-electron chi connectivity index (χ4n) is 2.74. The van der Waals surface area contributed by atoms with Crippen LogP contribution in [0.15, 0.2) is 18.2 Å². The van der Waals surface area contributed by atoms with Crippen LogP contribution in [0.3, 0.4) is 0 Å². The Kier molecular flexibility index (Phi) is 4.65. The van der Waals surface area contributed by atoms with Gasteiger partial charge in [-0.2, -0.15) is 0 Å². The maximum Gasteiger partial charge on any atom is 0.123 e. The van der Waals surface area contributed by atoms with E-state index in [0.717, 1.165) is 25.1 Å². The first kappa shape index (κ1) is 13.4. The maximum atomic E-state index is 6.01. The summed E-state index contributed by atoms with van der Waals surface area (Å²) in [5.41, 5.74) is 2.72. The predicted molar refractivity (Wildman–Crippen MR) is 76.3 cm³/mol. The van der Waals surface area contributed by atoms with E-state index < -0.39 is 0 Å². The first-order valence-electron chi connectivity index (χ1n) is 7.22. The lowest BCUT2D eigenvalue weighted by molar-refractivity contribution is 0.210. The summed E-state index contributed by atoms with van der Waals surface area (Å²) < 4.78 is 6.01. The summed E-state index contributed by atoms with van der Waals surface area (Å²) in [6, 6.07) is 7.15. The third-order valence-corrected chi connectivity index (χ3v) is 3.78. The lowest BCUT2D eigenvalue weighted by atomic mass is 10.0. The zero-order valence-corrected chi connectivity index (χ0v) is 11.8. The Labute approximate surface area is 111 Å². The molecule has 0 aliphatic carbocycles. The Bertz CT molecular complexity index is 389. The number of hydrogen-bond donors (Lipinski definition) is 1. The summed E-state index contributed by atoms with van der Waals surface area (Å²) in [5, 5.41) is 3.53. The lowest BCUT2D eigenvalue weighted by Gasteiger charge is -2.18. The minimum absolute atomic E-state index is 0.384. The largest absolute Gasteiger partial charge is 0.490 e. The highest BCUT2D eigenvalue weighted by atomic mass is 16.5. The van der Waals surface area contributed by atoms with Crippen LogP contribution in [-0.4, -0.2) is 18.7 Å². The molecule has 0 bridgehead atoms. The van der Waals surface area contributed by atoms with Gasteiger partial charge in [0.15, 0.2) is 0 Å². The molecule has 18 heavy (non-hydrogen) atoms. The molecule has 0 amide bonds. The summed E-state index contributed by atoms with van der Waals surface area (Å²) in [6.45, 7) is 7.63. The molecule has 0 fully saturated rings. The minimum Gasteiger partial charge on any atom is -0.490 e. The fraction of sp³-hybridized carbons (Fsp3) is 0.625. The Balaban J connectivity index is 1.84. The first-order valence-corrected chi connectivity index (χ1v) is 7.22. The number of ether oxygens (including phenoxy) is 1. The average molecular weight is 247 g/mol. The predicted octanol–water partition coefficient (Wildman–Crippen LogP) is 3.47. The fourth-order valence-corrected chi connectivity index (χ4v) is 2.74. The summed E-state index contributed by atoms with van der Waals surface area (Å²) >= 11 is 0. The molecular weight excluding hydrogens is 222 g/mol. The van der Waals surface area contributed by atoms with E-state index in [1.54, 1.807) is 0 Å². The van der Waals surface area contributed by atoms with Crippen molar-refractivity contribution in [2.75, 3.05) is 6.54 Å². The number of benzene rings is 1. The zero-order valence-electron chi connectivity index (χ0n) is 11.8. The van der Waals surface area contributed by atoms with Gasteiger partial charge in [-0.1, -0.05) is 31.5 Å². The molecule has 0 saturated carbocycles. The molecule has 2 nitrogen and oxygen atoms in total. The van der Waals surface area contributed by atoms with Crippen molar-refractivity contribution in [2.24, 2.45) is 0 Å². The molecular formula is C16H25NO. The number of fused-ring (bicyclic) bond motifs is 1. The SMILES string of the molecule is CCNC(CC)CCC1Cc2cc(C)ccc2O1. The van der Waals surface area contributed by atoms with E-state index in [2.05, 4.69) is 44.3 Å². The zero-order chi connectivity index (χ0) is 13.0. The topological polar surface area (TPSA) is 21.3 Å². The highest BCUT2D eigenvalue weighted by molar-refractivity contribution is 5.40. The van der Waals surface area contributed by atoms with Gasteiger partial charge in [-0.25, -0.2) is 0 Å². The highest BCUT2D eigenvalue weighted by Crippen LogP contribution is 2.31. The van der Waals surface area contributed by atoms with Crippen LogP contribution in [0.4, 0.5) is 0 Å². The summed E-state index contributed by atoms with van der Waals surface area (Å²) in [5.74, 6) is 1.10. The Morgan fingerprint density at radius 3 is 2.94 bits per heavy atom. The molecule has 0 aromatic heterocycles. The standard InChI is InChI=1S/C16H25NO/c1-4-14(17-5-2)7-8-15-11-13-10-12(3)6-9-16(13)18-15/h6,9-10,14-15,17H,4-5,7-8,11H2,1-3H3. The molecule has 0 saturated heterocycles. The second-order valence-corrected chi connectivity index (χ2v) is 5.30. The molecule has 2 atom stereocenters. The van der Waals surface area contributed by atoms with Gasteiger partial charge < -0.3 is 10.1 Å². The van der Waals surface area contributed by atoms with Gasteiger partial charge in [-0.3, -0.25) is 0 Å². The third kappa shape index (κ3) is 3.26. The van der Waals surface area contributed by atoms with Crippen molar-refractivity contribution < 1.29 is 4.74 Å². The molecule has 0 spiro atoms. The molecule has 2 rings (SSSR count). The molecule has 0 radical (unpaired) electrons. The Morgan fingerprint density at radius 2 is 2.22 bits per heavy atom. The van der Waals surface area contributed by atoms with Crippen LogP contribution in [0.25, 0.3) is 0 Å². The molecule has 1 aliphatic rings. The molecule has 1 aromatic rings. The number of hydrogen-bond acceptors (Lipinski definition) is 2. The van der Waals surface area contributed by atoms with Gasteiger partial charge in [0, 0.05) is 12.5 Å². The van der Waals surface area contributed by atoms with Gasteiger partial charge in [0.25, 0.3) is 0 Å². The van der Waals surface area contributed by atoms with Crippen molar-refractivity contribution in [3.63, 3.8) is 0 Å². The lowest BCUT2D eigenvalue weighted by Crippen LogP contribution is -2.29. The second-order valence-electron chi connectivity index (χ2n) is 5.30. The van der Waals surface area contributed by atoms with E-state index in [4.69, 9.17) is 4.74 Å². The van der Waals surface area contributed by atoms with E-state index in [1.807, 2.05) is 0 Å². The van der Waals surface area contributed by atoms with E-state index in [0.29, 0.717) is 12.1 Å². The van der Waals surface area contributed by atoms with Gasteiger partial charge in [0.1, 0.15) is 11.9 Å². The molecule has 1 N–H and O–H groups in total. The van der Waals surface area contributed by atoms with Gasteiger partial charge in [0.2, 0.25) is 0 Å². The van der Waals surface area contributed by atoms with Crippen LogP contribution in [0.1, 0.15) is 44.2 Å². The van der Waals surface area contributed by atoms with Crippen LogP contribution >= 0.6 is 0 Å².